The molecule has 1 atom stereocenters. The summed E-state index contributed by atoms with van der Waals surface area (Å²) in [5.74, 6) is -0.513. The molecule has 126 valence electrons. The maximum Gasteiger partial charge on any atom is 0.282 e. The lowest BCUT2D eigenvalue weighted by atomic mass is 10.1. The molecule has 0 spiro atoms. The number of carbonyl (C=O) groups excluding carboxylic acids is 1. The van der Waals surface area contributed by atoms with Crippen LogP contribution in [0.4, 0.5) is 5.69 Å². The Kier molecular flexibility index (Phi) is 4.79. The number of rotatable bonds is 6. The van der Waals surface area contributed by atoms with E-state index in [1.165, 1.54) is 24.5 Å². The molecule has 3 aromatic rings. The lowest BCUT2D eigenvalue weighted by Crippen LogP contribution is -2.32. The van der Waals surface area contributed by atoms with Crippen LogP contribution >= 0.6 is 0 Å². The van der Waals surface area contributed by atoms with Crippen LogP contribution in [0.25, 0.3) is 0 Å². The molecule has 2 aromatic carbocycles. The molecule has 1 N–H and O–H groups in total. The second kappa shape index (κ2) is 7.35. The molecule has 0 aliphatic carbocycles. The molecule has 0 saturated heterocycles. The van der Waals surface area contributed by atoms with Crippen LogP contribution < -0.4 is 5.32 Å². The van der Waals surface area contributed by atoms with Crippen molar-refractivity contribution in [3.63, 3.8) is 0 Å². The molecule has 1 amide bonds. The summed E-state index contributed by atoms with van der Waals surface area (Å²) in [5, 5.41) is 18.0. The van der Waals surface area contributed by atoms with E-state index in [1.54, 1.807) is 17.1 Å². The Balaban J connectivity index is 1.87. The number of hydrogen-bond acceptors (Lipinski definition) is 5. The number of nitro groups is 1. The van der Waals surface area contributed by atoms with Crippen LogP contribution in [0.15, 0.2) is 67.3 Å². The molecule has 0 bridgehead atoms. The van der Waals surface area contributed by atoms with Gasteiger partial charge in [-0.25, -0.2) is 4.98 Å². The molecule has 3 rings (SSSR count). The van der Waals surface area contributed by atoms with Gasteiger partial charge in [0.15, 0.2) is 0 Å². The van der Waals surface area contributed by atoms with Crippen LogP contribution in [-0.2, 0) is 6.54 Å². The molecule has 8 heteroatoms. The SMILES string of the molecule is O=C(N[C@H](Cn1cncn1)c1ccccc1)c1ccccc1[N+](=O)[O-]. The topological polar surface area (TPSA) is 103 Å². The first-order valence-electron chi connectivity index (χ1n) is 7.57. The van der Waals surface area contributed by atoms with Gasteiger partial charge in [-0.3, -0.25) is 19.6 Å². The van der Waals surface area contributed by atoms with Crippen molar-refractivity contribution in [2.24, 2.45) is 0 Å². The predicted octanol–water partition coefficient (Wildman–Crippen LogP) is 2.36. The van der Waals surface area contributed by atoms with Gasteiger partial charge in [-0.1, -0.05) is 42.5 Å². The quantitative estimate of drug-likeness (QED) is 0.549. The van der Waals surface area contributed by atoms with Gasteiger partial charge in [0, 0.05) is 6.07 Å². The van der Waals surface area contributed by atoms with E-state index in [0.717, 1.165) is 5.56 Å². The van der Waals surface area contributed by atoms with E-state index in [2.05, 4.69) is 15.4 Å². The number of amides is 1. The van der Waals surface area contributed by atoms with Crippen molar-refractivity contribution in [3.8, 4) is 0 Å². The fourth-order valence-corrected chi connectivity index (χ4v) is 2.49. The van der Waals surface area contributed by atoms with Gasteiger partial charge in [0.25, 0.3) is 11.6 Å². The first-order chi connectivity index (χ1) is 12.1. The Bertz CT molecular complexity index is 865. The summed E-state index contributed by atoms with van der Waals surface area (Å²) < 4.78 is 1.59. The van der Waals surface area contributed by atoms with Crippen LogP contribution in [0.3, 0.4) is 0 Å². The highest BCUT2D eigenvalue weighted by atomic mass is 16.6. The molecule has 1 aromatic heterocycles. The van der Waals surface area contributed by atoms with Crippen molar-refractivity contribution in [2.75, 3.05) is 0 Å². The van der Waals surface area contributed by atoms with Crippen LogP contribution in [-0.4, -0.2) is 25.6 Å². The van der Waals surface area contributed by atoms with Crippen molar-refractivity contribution < 1.29 is 9.72 Å². The Labute approximate surface area is 143 Å². The first kappa shape index (κ1) is 16.3. The first-order valence-corrected chi connectivity index (χ1v) is 7.57. The van der Waals surface area contributed by atoms with Crippen molar-refractivity contribution in [3.05, 3.63) is 88.5 Å². The number of benzene rings is 2. The maximum atomic E-state index is 12.6. The predicted molar refractivity (Wildman–Crippen MR) is 89.8 cm³/mol. The Morgan fingerprint density at radius 3 is 2.56 bits per heavy atom. The molecule has 0 aliphatic rings. The lowest BCUT2D eigenvalue weighted by molar-refractivity contribution is -0.385. The molecular weight excluding hydrogens is 322 g/mol. The van der Waals surface area contributed by atoms with Crippen molar-refractivity contribution in [2.45, 2.75) is 12.6 Å². The average molecular weight is 337 g/mol. The van der Waals surface area contributed by atoms with Crippen molar-refractivity contribution >= 4 is 11.6 Å². The third kappa shape index (κ3) is 3.86. The minimum atomic E-state index is -0.566. The summed E-state index contributed by atoms with van der Waals surface area (Å²) in [6.07, 6.45) is 2.96. The zero-order valence-electron chi connectivity index (χ0n) is 13.1. The number of para-hydroxylation sites is 1. The van der Waals surface area contributed by atoms with Gasteiger partial charge in [-0.2, -0.15) is 5.10 Å². The molecule has 0 fully saturated rings. The third-order valence-corrected chi connectivity index (χ3v) is 3.69. The molecule has 0 unspecified atom stereocenters. The largest absolute Gasteiger partial charge is 0.343 e. The van der Waals surface area contributed by atoms with E-state index in [9.17, 15) is 14.9 Å². The molecule has 0 radical (unpaired) electrons. The van der Waals surface area contributed by atoms with Crippen LogP contribution in [0.1, 0.15) is 22.0 Å². The third-order valence-electron chi connectivity index (χ3n) is 3.69. The number of aromatic nitrogens is 3. The molecule has 1 heterocycles. The minimum Gasteiger partial charge on any atom is -0.343 e. The van der Waals surface area contributed by atoms with Crippen LogP contribution in [0.2, 0.25) is 0 Å². The molecule has 8 nitrogen and oxygen atoms in total. The normalized spacial score (nSPS) is 11.7. The second-order valence-corrected chi connectivity index (χ2v) is 5.33. The summed E-state index contributed by atoms with van der Waals surface area (Å²) in [4.78, 5) is 27.1. The van der Waals surface area contributed by atoms with E-state index >= 15 is 0 Å². The van der Waals surface area contributed by atoms with E-state index in [4.69, 9.17) is 0 Å². The van der Waals surface area contributed by atoms with Gasteiger partial charge in [0.2, 0.25) is 0 Å². The summed E-state index contributed by atoms with van der Waals surface area (Å²) in [6.45, 7) is 0.358. The fourth-order valence-electron chi connectivity index (χ4n) is 2.49. The summed E-state index contributed by atoms with van der Waals surface area (Å²) in [5.41, 5.74) is 0.657. The van der Waals surface area contributed by atoms with Crippen molar-refractivity contribution in [1.82, 2.24) is 20.1 Å². The summed E-state index contributed by atoms with van der Waals surface area (Å²) in [7, 11) is 0. The van der Waals surface area contributed by atoms with Crippen LogP contribution in [0, 0.1) is 10.1 Å². The van der Waals surface area contributed by atoms with Gasteiger partial charge in [0.1, 0.15) is 18.2 Å². The smallest absolute Gasteiger partial charge is 0.282 e. The highest BCUT2D eigenvalue weighted by molar-refractivity contribution is 5.98. The fraction of sp³-hybridized carbons (Fsp3) is 0.118. The van der Waals surface area contributed by atoms with E-state index < -0.39 is 16.9 Å². The molecule has 0 aliphatic heterocycles. The van der Waals surface area contributed by atoms with Crippen LogP contribution in [0.5, 0.6) is 0 Å². The zero-order valence-corrected chi connectivity index (χ0v) is 13.1. The van der Waals surface area contributed by atoms with E-state index in [0.29, 0.717) is 6.54 Å². The Hall–Kier alpha value is -3.55. The standard InChI is InChI=1S/C17H15N5O3/c23-17(14-8-4-5-9-16(14)22(24)25)20-15(10-21-12-18-11-19-21)13-6-2-1-3-7-13/h1-9,11-12,15H,10H2,(H,20,23)/t15-/m1/s1. The number of nitrogens with one attached hydrogen (secondary N) is 1. The van der Waals surface area contributed by atoms with E-state index in [-0.39, 0.29) is 11.3 Å². The van der Waals surface area contributed by atoms with Gasteiger partial charge < -0.3 is 5.32 Å². The number of hydrogen-bond donors (Lipinski definition) is 1. The number of nitro benzene ring substituents is 1. The summed E-state index contributed by atoms with van der Waals surface area (Å²) >= 11 is 0. The maximum absolute atomic E-state index is 12.6. The minimum absolute atomic E-state index is 0.0204. The van der Waals surface area contributed by atoms with Gasteiger partial charge >= 0.3 is 0 Å². The molecule has 0 saturated carbocycles. The van der Waals surface area contributed by atoms with Crippen molar-refractivity contribution in [1.29, 1.82) is 0 Å². The average Bonchev–Trinajstić information content (AvgIpc) is 3.15. The second-order valence-electron chi connectivity index (χ2n) is 5.33. The molecular formula is C17H15N5O3. The Morgan fingerprint density at radius 2 is 1.88 bits per heavy atom. The van der Waals surface area contributed by atoms with Gasteiger partial charge in [-0.05, 0) is 11.6 Å². The Morgan fingerprint density at radius 1 is 1.16 bits per heavy atom. The number of carbonyl (C=O) groups is 1. The lowest BCUT2D eigenvalue weighted by Gasteiger charge is -2.19. The highest BCUT2D eigenvalue weighted by Crippen LogP contribution is 2.20. The monoisotopic (exact) mass is 337 g/mol. The number of nitrogens with zero attached hydrogens (tertiary/aromatic N) is 4. The van der Waals surface area contributed by atoms with E-state index in [1.807, 2.05) is 30.3 Å². The van der Waals surface area contributed by atoms with Gasteiger partial charge in [-0.15, -0.1) is 0 Å². The van der Waals surface area contributed by atoms with Gasteiger partial charge in [0.05, 0.1) is 17.5 Å². The summed E-state index contributed by atoms with van der Waals surface area (Å²) in [6, 6.07) is 14.8. The highest BCUT2D eigenvalue weighted by Gasteiger charge is 2.22. The zero-order chi connectivity index (χ0) is 17.6. The molecule has 25 heavy (non-hydrogen) atoms.